The highest BCUT2D eigenvalue weighted by molar-refractivity contribution is 9.10. The van der Waals surface area contributed by atoms with Crippen molar-refractivity contribution in [2.24, 2.45) is 0 Å². The Kier molecular flexibility index (Phi) is 4.80. The Hall–Kier alpha value is -1.24. The van der Waals surface area contributed by atoms with E-state index in [0.29, 0.717) is 0 Å². The van der Waals surface area contributed by atoms with Gasteiger partial charge >= 0.3 is 5.97 Å². The monoisotopic (exact) mass is 309 g/mol. The first-order valence-corrected chi connectivity index (χ1v) is 5.50. The van der Waals surface area contributed by atoms with E-state index in [1.54, 1.807) is 6.92 Å². The molecule has 1 aromatic heterocycles. The van der Waals surface area contributed by atoms with Gasteiger partial charge in [-0.3, -0.25) is 0 Å². The van der Waals surface area contributed by atoms with Gasteiger partial charge in [0.15, 0.2) is 0 Å². The summed E-state index contributed by atoms with van der Waals surface area (Å²) >= 11 is 2.92. The van der Waals surface area contributed by atoms with E-state index in [2.05, 4.69) is 20.9 Å². The standard InChI is InChI=1S/C10H10BrF2NO3/c1-3-17-10(15)5-4-6(16-2)14-8(7(5)11)9(12)13/h4,9H,3H2,1-2H3. The Bertz CT molecular complexity index is 426. The second kappa shape index (κ2) is 5.90. The molecule has 0 unspecified atom stereocenters. The molecule has 1 aromatic rings. The maximum absolute atomic E-state index is 12.7. The lowest BCUT2D eigenvalue weighted by Crippen LogP contribution is -2.09. The van der Waals surface area contributed by atoms with Gasteiger partial charge in [0.2, 0.25) is 5.88 Å². The predicted molar refractivity (Wildman–Crippen MR) is 59.4 cm³/mol. The number of carbonyl (C=O) groups excluding carboxylic acids is 1. The van der Waals surface area contributed by atoms with Crippen molar-refractivity contribution in [3.63, 3.8) is 0 Å². The molecule has 1 heterocycles. The number of hydrogen-bond acceptors (Lipinski definition) is 4. The van der Waals surface area contributed by atoms with Crippen LogP contribution in [0.4, 0.5) is 8.78 Å². The zero-order valence-corrected chi connectivity index (χ0v) is 10.8. The van der Waals surface area contributed by atoms with Gasteiger partial charge in [0, 0.05) is 6.07 Å². The topological polar surface area (TPSA) is 48.4 Å². The quantitative estimate of drug-likeness (QED) is 0.802. The average Bonchev–Trinajstić information content (AvgIpc) is 2.29. The molecule has 0 N–H and O–H groups in total. The molecule has 0 spiro atoms. The lowest BCUT2D eigenvalue weighted by atomic mass is 10.2. The molecule has 0 aliphatic carbocycles. The number of esters is 1. The maximum Gasteiger partial charge on any atom is 0.339 e. The molecular weight excluding hydrogens is 300 g/mol. The molecule has 17 heavy (non-hydrogen) atoms. The summed E-state index contributed by atoms with van der Waals surface area (Å²) in [6.45, 7) is 1.78. The van der Waals surface area contributed by atoms with Crippen molar-refractivity contribution in [1.29, 1.82) is 0 Å². The van der Waals surface area contributed by atoms with Gasteiger partial charge in [0.05, 0.1) is 23.8 Å². The Balaban J connectivity index is 3.28. The van der Waals surface area contributed by atoms with Crippen molar-refractivity contribution >= 4 is 21.9 Å². The van der Waals surface area contributed by atoms with Crippen LogP contribution in [0.3, 0.4) is 0 Å². The van der Waals surface area contributed by atoms with E-state index in [1.807, 2.05) is 0 Å². The normalized spacial score (nSPS) is 10.5. The zero-order chi connectivity index (χ0) is 13.0. The fraction of sp³-hybridized carbons (Fsp3) is 0.400. The number of alkyl halides is 2. The second-order valence-corrected chi connectivity index (χ2v) is 3.73. The number of ether oxygens (including phenoxy) is 2. The van der Waals surface area contributed by atoms with Crippen LogP contribution in [0.5, 0.6) is 5.88 Å². The molecule has 0 fully saturated rings. The van der Waals surface area contributed by atoms with Crippen LogP contribution >= 0.6 is 15.9 Å². The first-order chi connectivity index (χ1) is 8.01. The first kappa shape index (κ1) is 13.8. The molecule has 0 aliphatic rings. The van der Waals surface area contributed by atoms with E-state index in [-0.39, 0.29) is 22.5 Å². The van der Waals surface area contributed by atoms with Crippen LogP contribution in [0.2, 0.25) is 0 Å². The lowest BCUT2D eigenvalue weighted by Gasteiger charge is -2.10. The minimum absolute atomic E-state index is 0.0333. The molecule has 0 radical (unpaired) electrons. The van der Waals surface area contributed by atoms with E-state index >= 15 is 0 Å². The van der Waals surface area contributed by atoms with Gasteiger partial charge in [-0.1, -0.05) is 0 Å². The smallest absolute Gasteiger partial charge is 0.339 e. The van der Waals surface area contributed by atoms with Crippen LogP contribution in [-0.4, -0.2) is 24.7 Å². The number of pyridine rings is 1. The maximum atomic E-state index is 12.7. The minimum Gasteiger partial charge on any atom is -0.481 e. The number of halogens is 3. The molecule has 0 atom stereocenters. The summed E-state index contributed by atoms with van der Waals surface area (Å²) in [5, 5.41) is 0. The van der Waals surface area contributed by atoms with E-state index in [0.717, 1.165) is 0 Å². The van der Waals surface area contributed by atoms with Crippen molar-refractivity contribution in [2.45, 2.75) is 13.3 Å². The molecule has 0 aliphatic heterocycles. The van der Waals surface area contributed by atoms with E-state index in [4.69, 9.17) is 9.47 Å². The summed E-state index contributed by atoms with van der Waals surface area (Å²) in [6.07, 6.45) is -2.81. The molecule has 0 saturated carbocycles. The van der Waals surface area contributed by atoms with Crippen LogP contribution in [0.25, 0.3) is 0 Å². The Morgan fingerprint density at radius 1 is 1.59 bits per heavy atom. The summed E-state index contributed by atoms with van der Waals surface area (Å²) < 4.78 is 34.8. The second-order valence-electron chi connectivity index (χ2n) is 2.93. The van der Waals surface area contributed by atoms with Gasteiger partial charge < -0.3 is 9.47 Å². The molecular formula is C10H10BrF2NO3. The number of aromatic nitrogens is 1. The number of hydrogen-bond donors (Lipinski definition) is 0. The largest absolute Gasteiger partial charge is 0.481 e. The number of carbonyl (C=O) groups is 1. The van der Waals surface area contributed by atoms with Gasteiger partial charge in [-0.25, -0.2) is 18.6 Å². The number of nitrogens with zero attached hydrogens (tertiary/aromatic N) is 1. The van der Waals surface area contributed by atoms with Gasteiger partial charge in [0.25, 0.3) is 6.43 Å². The third kappa shape index (κ3) is 3.12. The Morgan fingerprint density at radius 3 is 2.71 bits per heavy atom. The zero-order valence-electron chi connectivity index (χ0n) is 9.17. The Labute approximate surface area is 105 Å². The summed E-state index contributed by atoms with van der Waals surface area (Å²) in [5.74, 6) is -0.770. The average molecular weight is 310 g/mol. The molecule has 7 heteroatoms. The number of methoxy groups -OCH3 is 1. The van der Waals surface area contributed by atoms with E-state index in [9.17, 15) is 13.6 Å². The van der Waals surface area contributed by atoms with Crippen molar-refractivity contribution in [1.82, 2.24) is 4.98 Å². The molecule has 4 nitrogen and oxygen atoms in total. The van der Waals surface area contributed by atoms with Gasteiger partial charge in [-0.2, -0.15) is 0 Å². The highest BCUT2D eigenvalue weighted by Crippen LogP contribution is 2.31. The fourth-order valence-electron chi connectivity index (χ4n) is 1.13. The highest BCUT2D eigenvalue weighted by atomic mass is 79.9. The molecule has 0 bridgehead atoms. The summed E-state index contributed by atoms with van der Waals surface area (Å²) in [7, 11) is 1.28. The molecule has 0 amide bonds. The van der Waals surface area contributed by atoms with Crippen molar-refractivity contribution in [3.05, 3.63) is 21.8 Å². The summed E-state index contributed by atoms with van der Waals surface area (Å²) in [5.41, 5.74) is -0.582. The van der Waals surface area contributed by atoms with Crippen LogP contribution in [0.1, 0.15) is 29.4 Å². The number of rotatable bonds is 4. The third-order valence-corrected chi connectivity index (χ3v) is 2.70. The Morgan fingerprint density at radius 2 is 2.24 bits per heavy atom. The van der Waals surface area contributed by atoms with Crippen molar-refractivity contribution in [2.75, 3.05) is 13.7 Å². The third-order valence-electron chi connectivity index (χ3n) is 1.87. The first-order valence-electron chi connectivity index (χ1n) is 4.71. The summed E-state index contributed by atoms with van der Waals surface area (Å²) in [4.78, 5) is 15.1. The van der Waals surface area contributed by atoms with Crippen LogP contribution in [0.15, 0.2) is 10.5 Å². The predicted octanol–water partition coefficient (Wildman–Crippen LogP) is 2.97. The van der Waals surface area contributed by atoms with Gasteiger partial charge in [-0.05, 0) is 22.9 Å². The minimum atomic E-state index is -2.81. The molecule has 1 rings (SSSR count). The summed E-state index contributed by atoms with van der Waals surface area (Å²) in [6, 6.07) is 1.24. The van der Waals surface area contributed by atoms with Crippen LogP contribution < -0.4 is 4.74 Å². The fourth-order valence-corrected chi connectivity index (χ4v) is 1.67. The van der Waals surface area contributed by atoms with Gasteiger partial charge in [-0.15, -0.1) is 0 Å². The molecule has 0 saturated heterocycles. The molecule has 94 valence electrons. The van der Waals surface area contributed by atoms with Crippen LogP contribution in [0, 0.1) is 0 Å². The van der Waals surface area contributed by atoms with Crippen LogP contribution in [-0.2, 0) is 4.74 Å². The van der Waals surface area contributed by atoms with Crippen molar-refractivity contribution in [3.8, 4) is 5.88 Å². The van der Waals surface area contributed by atoms with E-state index < -0.39 is 18.1 Å². The van der Waals surface area contributed by atoms with E-state index in [1.165, 1.54) is 13.2 Å². The molecule has 0 aromatic carbocycles. The van der Waals surface area contributed by atoms with Gasteiger partial charge in [0.1, 0.15) is 5.69 Å². The highest BCUT2D eigenvalue weighted by Gasteiger charge is 2.22. The lowest BCUT2D eigenvalue weighted by molar-refractivity contribution is 0.0523. The SMILES string of the molecule is CCOC(=O)c1cc(OC)nc(C(F)F)c1Br. The van der Waals surface area contributed by atoms with Crippen molar-refractivity contribution < 1.29 is 23.0 Å².